The van der Waals surface area contributed by atoms with E-state index in [9.17, 15) is 4.79 Å². The van der Waals surface area contributed by atoms with Crippen molar-refractivity contribution in [2.75, 3.05) is 20.3 Å². The summed E-state index contributed by atoms with van der Waals surface area (Å²) in [5.41, 5.74) is 0.844. The van der Waals surface area contributed by atoms with Crippen molar-refractivity contribution in [1.82, 2.24) is 25.1 Å². The Morgan fingerprint density at radius 2 is 2.25 bits per heavy atom. The van der Waals surface area contributed by atoms with Crippen molar-refractivity contribution in [2.45, 2.75) is 6.54 Å². The molecule has 0 unspecified atom stereocenters. The third-order valence-corrected chi connectivity index (χ3v) is 2.94. The maximum atomic E-state index is 11.8. The number of rotatable bonds is 6. The molecular formula is C12H15N5O2S. The Morgan fingerprint density at radius 3 is 2.95 bits per heavy atom. The van der Waals surface area contributed by atoms with Gasteiger partial charge in [-0.05, 0) is 24.4 Å². The molecule has 7 nitrogen and oxygen atoms in total. The van der Waals surface area contributed by atoms with Gasteiger partial charge >= 0.3 is 0 Å². The number of amides is 1. The molecule has 0 aromatic carbocycles. The summed E-state index contributed by atoms with van der Waals surface area (Å²) in [5, 5.41) is 9.59. The summed E-state index contributed by atoms with van der Waals surface area (Å²) < 4.78 is 6.92. The average molecular weight is 293 g/mol. The molecule has 0 radical (unpaired) electrons. The molecule has 2 aromatic rings. The van der Waals surface area contributed by atoms with Crippen LogP contribution in [0, 0.1) is 4.77 Å². The summed E-state index contributed by atoms with van der Waals surface area (Å²) in [6.45, 7) is 1.04. The summed E-state index contributed by atoms with van der Waals surface area (Å²) in [6.07, 6.45) is 3.33. The first-order valence-corrected chi connectivity index (χ1v) is 6.44. The fourth-order valence-electron chi connectivity index (χ4n) is 1.68. The van der Waals surface area contributed by atoms with Gasteiger partial charge in [-0.25, -0.2) is 0 Å². The first-order chi connectivity index (χ1) is 9.72. The van der Waals surface area contributed by atoms with E-state index in [0.29, 0.717) is 23.7 Å². The predicted octanol–water partition coefficient (Wildman–Crippen LogP) is 0.765. The smallest absolute Gasteiger partial charge is 0.240 e. The molecule has 0 spiro atoms. The second-order valence-electron chi connectivity index (χ2n) is 4.02. The number of aromatic nitrogens is 4. The molecule has 0 saturated heterocycles. The minimum atomic E-state index is -0.144. The third kappa shape index (κ3) is 3.49. The largest absolute Gasteiger partial charge is 0.383 e. The van der Waals surface area contributed by atoms with Crippen LogP contribution in [0.2, 0.25) is 0 Å². The number of methoxy groups -OCH3 is 1. The van der Waals surface area contributed by atoms with Crippen molar-refractivity contribution >= 4 is 18.1 Å². The van der Waals surface area contributed by atoms with Crippen LogP contribution in [-0.2, 0) is 16.1 Å². The molecule has 2 aromatic heterocycles. The van der Waals surface area contributed by atoms with Gasteiger partial charge in [0.15, 0.2) is 10.6 Å². The molecule has 0 aliphatic carbocycles. The van der Waals surface area contributed by atoms with E-state index in [-0.39, 0.29) is 12.5 Å². The number of hydrogen-bond donors (Lipinski definition) is 2. The number of hydrogen-bond acceptors (Lipinski definition) is 5. The van der Waals surface area contributed by atoms with Gasteiger partial charge in [0.1, 0.15) is 6.54 Å². The number of carbonyl (C=O) groups is 1. The monoisotopic (exact) mass is 293 g/mol. The van der Waals surface area contributed by atoms with Gasteiger partial charge in [-0.2, -0.15) is 5.10 Å². The van der Waals surface area contributed by atoms with E-state index in [2.05, 4.69) is 20.5 Å². The van der Waals surface area contributed by atoms with E-state index in [1.54, 1.807) is 24.1 Å². The molecule has 2 heterocycles. The summed E-state index contributed by atoms with van der Waals surface area (Å²) in [6, 6.07) is 3.62. The van der Waals surface area contributed by atoms with Gasteiger partial charge in [-0.3, -0.25) is 19.4 Å². The summed E-state index contributed by atoms with van der Waals surface area (Å²) in [4.78, 5) is 15.8. The van der Waals surface area contributed by atoms with Crippen molar-refractivity contribution in [3.05, 3.63) is 29.3 Å². The third-order valence-electron chi connectivity index (χ3n) is 2.63. The van der Waals surface area contributed by atoms with Crippen molar-refractivity contribution in [1.29, 1.82) is 0 Å². The van der Waals surface area contributed by atoms with E-state index < -0.39 is 0 Å². The Hall–Kier alpha value is -2.06. The lowest BCUT2D eigenvalue weighted by atomic mass is 10.2. The number of pyridine rings is 1. The van der Waals surface area contributed by atoms with E-state index >= 15 is 0 Å². The Bertz CT molecular complexity index is 622. The lowest BCUT2D eigenvalue weighted by Gasteiger charge is -2.07. The average Bonchev–Trinajstić information content (AvgIpc) is 2.82. The van der Waals surface area contributed by atoms with Gasteiger partial charge in [0.2, 0.25) is 5.91 Å². The molecule has 2 N–H and O–H groups in total. The van der Waals surface area contributed by atoms with Gasteiger partial charge in [0, 0.05) is 31.6 Å². The molecule has 0 atom stereocenters. The van der Waals surface area contributed by atoms with Crippen LogP contribution in [0.5, 0.6) is 0 Å². The zero-order chi connectivity index (χ0) is 14.4. The lowest BCUT2D eigenvalue weighted by molar-refractivity contribution is -0.121. The lowest BCUT2D eigenvalue weighted by Crippen LogP contribution is -2.30. The number of aromatic amines is 1. The number of ether oxygens (including phenoxy) is 1. The van der Waals surface area contributed by atoms with Crippen molar-refractivity contribution in [2.24, 2.45) is 0 Å². The second-order valence-corrected chi connectivity index (χ2v) is 4.40. The molecule has 106 valence electrons. The highest BCUT2D eigenvalue weighted by atomic mass is 32.1. The SMILES string of the molecule is COCCNC(=O)Cn1c(-c2ccncc2)n[nH]c1=S. The highest BCUT2D eigenvalue weighted by Crippen LogP contribution is 2.15. The topological polar surface area (TPSA) is 84.8 Å². The highest BCUT2D eigenvalue weighted by molar-refractivity contribution is 7.71. The number of H-pyrrole nitrogens is 1. The standard InChI is InChI=1S/C12H15N5O2S/c1-19-7-6-14-10(18)8-17-11(15-16-12(17)20)9-2-4-13-5-3-9/h2-5H,6-8H2,1H3,(H,14,18)(H,16,20). The Labute approximate surface area is 121 Å². The van der Waals surface area contributed by atoms with Crippen molar-refractivity contribution in [3.8, 4) is 11.4 Å². The Kier molecular flexibility index (Phi) is 4.97. The number of carbonyl (C=O) groups excluding carboxylic acids is 1. The van der Waals surface area contributed by atoms with E-state index in [4.69, 9.17) is 17.0 Å². The van der Waals surface area contributed by atoms with Gasteiger partial charge in [-0.1, -0.05) is 0 Å². The molecule has 0 saturated carbocycles. The van der Waals surface area contributed by atoms with Crippen LogP contribution in [0.3, 0.4) is 0 Å². The fourth-order valence-corrected chi connectivity index (χ4v) is 1.87. The fraction of sp³-hybridized carbons (Fsp3) is 0.333. The number of nitrogens with one attached hydrogen (secondary N) is 2. The van der Waals surface area contributed by atoms with Gasteiger partial charge in [-0.15, -0.1) is 0 Å². The van der Waals surface area contributed by atoms with E-state index in [1.807, 2.05) is 12.1 Å². The zero-order valence-corrected chi connectivity index (χ0v) is 11.8. The van der Waals surface area contributed by atoms with E-state index in [0.717, 1.165) is 5.56 Å². The van der Waals surface area contributed by atoms with E-state index in [1.165, 1.54) is 0 Å². The minimum Gasteiger partial charge on any atom is -0.383 e. The first kappa shape index (κ1) is 14.4. The van der Waals surface area contributed by atoms with Crippen LogP contribution in [-0.4, -0.2) is 45.9 Å². The van der Waals surface area contributed by atoms with Gasteiger partial charge in [0.05, 0.1) is 6.61 Å². The van der Waals surface area contributed by atoms with Crippen molar-refractivity contribution < 1.29 is 9.53 Å². The Balaban J connectivity index is 2.14. The number of nitrogens with zero attached hydrogens (tertiary/aromatic N) is 3. The zero-order valence-electron chi connectivity index (χ0n) is 11.0. The van der Waals surface area contributed by atoms with Crippen molar-refractivity contribution in [3.63, 3.8) is 0 Å². The molecular weight excluding hydrogens is 278 g/mol. The van der Waals surface area contributed by atoms with Crippen LogP contribution >= 0.6 is 12.2 Å². The predicted molar refractivity (Wildman–Crippen MR) is 75.5 cm³/mol. The molecule has 1 amide bonds. The maximum Gasteiger partial charge on any atom is 0.240 e. The molecule has 20 heavy (non-hydrogen) atoms. The quantitative estimate of drug-likeness (QED) is 0.607. The van der Waals surface area contributed by atoms with Crippen LogP contribution in [0.1, 0.15) is 0 Å². The first-order valence-electron chi connectivity index (χ1n) is 6.03. The van der Waals surface area contributed by atoms with Gasteiger partial charge in [0.25, 0.3) is 0 Å². The minimum absolute atomic E-state index is 0.108. The molecule has 8 heteroatoms. The van der Waals surface area contributed by atoms with Crippen LogP contribution < -0.4 is 5.32 Å². The second kappa shape index (κ2) is 6.92. The van der Waals surface area contributed by atoms with Crippen LogP contribution in [0.4, 0.5) is 0 Å². The summed E-state index contributed by atoms with van der Waals surface area (Å²) >= 11 is 5.15. The molecule has 0 aliphatic rings. The summed E-state index contributed by atoms with van der Waals surface area (Å²) in [7, 11) is 1.58. The van der Waals surface area contributed by atoms with Crippen LogP contribution in [0.15, 0.2) is 24.5 Å². The molecule has 2 rings (SSSR count). The van der Waals surface area contributed by atoms with Gasteiger partial charge < -0.3 is 10.1 Å². The van der Waals surface area contributed by atoms with Crippen LogP contribution in [0.25, 0.3) is 11.4 Å². The Morgan fingerprint density at radius 1 is 1.50 bits per heavy atom. The molecule has 0 fully saturated rings. The summed E-state index contributed by atoms with van der Waals surface area (Å²) in [5.74, 6) is 0.467. The highest BCUT2D eigenvalue weighted by Gasteiger charge is 2.11. The molecule has 0 aliphatic heterocycles. The maximum absolute atomic E-state index is 11.8. The normalized spacial score (nSPS) is 10.4. The molecule has 0 bridgehead atoms.